The Kier molecular flexibility index (Phi) is 5.83. The van der Waals surface area contributed by atoms with Gasteiger partial charge in [-0.1, -0.05) is 39.3 Å². The fraction of sp³-hybridized carbons (Fsp3) is 0.600. The number of halogens is 1. The fourth-order valence-corrected chi connectivity index (χ4v) is 3.60. The first kappa shape index (κ1) is 18.4. The number of nitrogens with two attached hydrogens (primary N) is 1. The van der Waals surface area contributed by atoms with Gasteiger partial charge in [0.2, 0.25) is 10.0 Å². The molecule has 0 spiro atoms. The molecule has 1 aromatic carbocycles. The van der Waals surface area contributed by atoms with Crippen molar-refractivity contribution in [3.63, 3.8) is 0 Å². The molecule has 21 heavy (non-hydrogen) atoms. The zero-order valence-electron chi connectivity index (χ0n) is 13.3. The van der Waals surface area contributed by atoms with Crippen LogP contribution in [-0.4, -0.2) is 15.0 Å². The van der Waals surface area contributed by atoms with Crippen LogP contribution in [0.2, 0.25) is 5.02 Å². The molecule has 0 aromatic heterocycles. The molecule has 6 heteroatoms. The summed E-state index contributed by atoms with van der Waals surface area (Å²) in [7, 11) is -3.60. The molecule has 0 aliphatic heterocycles. The Hall–Kier alpha value is -0.620. The van der Waals surface area contributed by atoms with Crippen LogP contribution in [0.25, 0.3) is 0 Å². The first-order valence-electron chi connectivity index (χ1n) is 7.00. The molecule has 0 aliphatic carbocycles. The standard InChI is InChI=1S/C15H25ClN2O2S/c1-10(2)15(4,5)9-18-21(19,20)14-7-13(16)6-12(8-17)11(14)3/h6-7,10,18H,8-9,17H2,1-5H3. The Labute approximate surface area is 133 Å². The van der Waals surface area contributed by atoms with Gasteiger partial charge in [0.05, 0.1) is 4.90 Å². The van der Waals surface area contributed by atoms with E-state index in [2.05, 4.69) is 18.6 Å². The van der Waals surface area contributed by atoms with Gasteiger partial charge in [-0.2, -0.15) is 0 Å². The van der Waals surface area contributed by atoms with Crippen LogP contribution in [0.1, 0.15) is 38.8 Å². The van der Waals surface area contributed by atoms with E-state index in [0.29, 0.717) is 23.0 Å². The van der Waals surface area contributed by atoms with E-state index in [9.17, 15) is 8.42 Å². The van der Waals surface area contributed by atoms with Gasteiger partial charge in [-0.05, 0) is 41.5 Å². The second-order valence-electron chi connectivity index (χ2n) is 6.36. The van der Waals surface area contributed by atoms with Crippen LogP contribution in [-0.2, 0) is 16.6 Å². The molecular formula is C15H25ClN2O2S. The summed E-state index contributed by atoms with van der Waals surface area (Å²) in [5, 5.41) is 0.379. The molecule has 0 atom stereocenters. The highest BCUT2D eigenvalue weighted by Crippen LogP contribution is 2.27. The molecule has 0 saturated heterocycles. The van der Waals surface area contributed by atoms with Crippen molar-refractivity contribution in [2.24, 2.45) is 17.1 Å². The molecule has 0 unspecified atom stereocenters. The lowest BCUT2D eigenvalue weighted by Gasteiger charge is -2.29. The van der Waals surface area contributed by atoms with Crippen LogP contribution in [0.3, 0.4) is 0 Å². The van der Waals surface area contributed by atoms with Crippen molar-refractivity contribution in [2.45, 2.75) is 46.1 Å². The van der Waals surface area contributed by atoms with Crippen molar-refractivity contribution in [3.8, 4) is 0 Å². The molecule has 1 rings (SSSR count). The Morgan fingerprint density at radius 2 is 1.90 bits per heavy atom. The summed E-state index contributed by atoms with van der Waals surface area (Å²) in [6, 6.07) is 3.18. The summed E-state index contributed by atoms with van der Waals surface area (Å²) < 4.78 is 27.8. The molecule has 0 bridgehead atoms. The maximum Gasteiger partial charge on any atom is 0.240 e. The largest absolute Gasteiger partial charge is 0.326 e. The molecule has 0 radical (unpaired) electrons. The maximum atomic E-state index is 12.5. The monoisotopic (exact) mass is 332 g/mol. The van der Waals surface area contributed by atoms with Crippen molar-refractivity contribution in [2.75, 3.05) is 6.54 Å². The van der Waals surface area contributed by atoms with Crippen molar-refractivity contribution >= 4 is 21.6 Å². The highest BCUT2D eigenvalue weighted by molar-refractivity contribution is 7.89. The lowest BCUT2D eigenvalue weighted by atomic mass is 9.81. The first-order chi connectivity index (χ1) is 9.51. The topological polar surface area (TPSA) is 72.2 Å². The Balaban J connectivity index is 3.12. The average molecular weight is 333 g/mol. The smallest absolute Gasteiger partial charge is 0.240 e. The molecule has 0 amide bonds. The minimum Gasteiger partial charge on any atom is -0.326 e. The minimum absolute atomic E-state index is 0.129. The molecule has 0 aliphatic rings. The van der Waals surface area contributed by atoms with E-state index in [4.69, 9.17) is 17.3 Å². The van der Waals surface area contributed by atoms with Gasteiger partial charge in [0, 0.05) is 18.1 Å². The van der Waals surface area contributed by atoms with Crippen LogP contribution in [0, 0.1) is 18.3 Å². The van der Waals surface area contributed by atoms with E-state index in [1.807, 2.05) is 13.8 Å². The molecule has 4 nitrogen and oxygen atoms in total. The second-order valence-corrected chi connectivity index (χ2v) is 8.53. The summed E-state index contributed by atoms with van der Waals surface area (Å²) in [5.41, 5.74) is 6.90. The van der Waals surface area contributed by atoms with Gasteiger partial charge in [-0.15, -0.1) is 0 Å². The zero-order chi connectivity index (χ0) is 16.4. The van der Waals surface area contributed by atoms with Gasteiger partial charge in [-0.3, -0.25) is 0 Å². The van der Waals surface area contributed by atoms with Crippen LogP contribution in [0.5, 0.6) is 0 Å². The van der Waals surface area contributed by atoms with Crippen molar-refractivity contribution in [1.29, 1.82) is 0 Å². The first-order valence-corrected chi connectivity index (χ1v) is 8.86. The highest BCUT2D eigenvalue weighted by atomic mass is 35.5. The summed E-state index contributed by atoms with van der Waals surface area (Å²) in [4.78, 5) is 0.204. The van der Waals surface area contributed by atoms with Gasteiger partial charge in [0.25, 0.3) is 0 Å². The van der Waals surface area contributed by atoms with Crippen molar-refractivity contribution < 1.29 is 8.42 Å². The van der Waals surface area contributed by atoms with E-state index in [1.54, 1.807) is 13.0 Å². The van der Waals surface area contributed by atoms with Crippen molar-refractivity contribution in [1.82, 2.24) is 4.72 Å². The molecule has 1 aromatic rings. The summed E-state index contributed by atoms with van der Waals surface area (Å²) in [5.74, 6) is 0.361. The Morgan fingerprint density at radius 3 is 2.38 bits per heavy atom. The summed E-state index contributed by atoms with van der Waals surface area (Å²) in [6.45, 7) is 10.6. The minimum atomic E-state index is -3.60. The summed E-state index contributed by atoms with van der Waals surface area (Å²) in [6.07, 6.45) is 0. The molecule has 0 heterocycles. The number of hydrogen-bond donors (Lipinski definition) is 2. The lowest BCUT2D eigenvalue weighted by molar-refractivity contribution is 0.252. The number of rotatable bonds is 6. The summed E-state index contributed by atoms with van der Waals surface area (Å²) >= 11 is 6.00. The maximum absolute atomic E-state index is 12.5. The SMILES string of the molecule is Cc1c(CN)cc(Cl)cc1S(=O)(=O)NCC(C)(C)C(C)C. The van der Waals surface area contributed by atoms with Crippen LogP contribution >= 0.6 is 11.6 Å². The third kappa shape index (κ3) is 4.42. The highest BCUT2D eigenvalue weighted by Gasteiger charge is 2.26. The van der Waals surface area contributed by atoms with E-state index in [-0.39, 0.29) is 16.9 Å². The van der Waals surface area contributed by atoms with E-state index in [1.165, 1.54) is 6.07 Å². The fourth-order valence-electron chi connectivity index (χ4n) is 1.76. The van der Waals surface area contributed by atoms with Crippen molar-refractivity contribution in [3.05, 3.63) is 28.3 Å². The lowest BCUT2D eigenvalue weighted by Crippen LogP contribution is -2.37. The predicted octanol–water partition coefficient (Wildman–Crippen LogP) is 3.07. The number of nitrogens with one attached hydrogen (secondary N) is 1. The number of sulfonamides is 1. The van der Waals surface area contributed by atoms with Crippen LogP contribution < -0.4 is 10.5 Å². The van der Waals surface area contributed by atoms with Gasteiger partial charge in [0.15, 0.2) is 0 Å². The third-order valence-corrected chi connectivity index (χ3v) is 5.97. The molecule has 0 fully saturated rings. The Bertz CT molecular complexity index is 610. The Morgan fingerprint density at radius 1 is 1.33 bits per heavy atom. The van der Waals surface area contributed by atoms with Crippen LogP contribution in [0.15, 0.2) is 17.0 Å². The zero-order valence-corrected chi connectivity index (χ0v) is 14.9. The van der Waals surface area contributed by atoms with E-state index >= 15 is 0 Å². The normalized spacial score (nSPS) is 13.0. The van der Waals surface area contributed by atoms with E-state index < -0.39 is 10.0 Å². The molecule has 3 N–H and O–H groups in total. The quantitative estimate of drug-likeness (QED) is 0.840. The van der Waals surface area contributed by atoms with Crippen LogP contribution in [0.4, 0.5) is 0 Å². The van der Waals surface area contributed by atoms with E-state index in [0.717, 1.165) is 5.56 Å². The van der Waals surface area contributed by atoms with Gasteiger partial charge in [0.1, 0.15) is 0 Å². The molecule has 0 saturated carbocycles. The molecule has 120 valence electrons. The van der Waals surface area contributed by atoms with Gasteiger partial charge >= 0.3 is 0 Å². The van der Waals surface area contributed by atoms with Gasteiger partial charge in [-0.25, -0.2) is 13.1 Å². The number of benzene rings is 1. The second kappa shape index (κ2) is 6.65. The molecular weight excluding hydrogens is 308 g/mol. The average Bonchev–Trinajstić information content (AvgIpc) is 2.38. The number of hydrogen-bond acceptors (Lipinski definition) is 3. The van der Waals surface area contributed by atoms with Gasteiger partial charge < -0.3 is 5.73 Å². The predicted molar refractivity (Wildman–Crippen MR) is 87.9 cm³/mol. The third-order valence-electron chi connectivity index (χ3n) is 4.22.